The molecule has 0 aliphatic carbocycles. The number of carbonyl (C=O) groups excluding carboxylic acids is 2. The summed E-state index contributed by atoms with van der Waals surface area (Å²) in [5.41, 5.74) is 1.68. The third-order valence-electron chi connectivity index (χ3n) is 4.26. The molecule has 5 nitrogen and oxygen atoms in total. The Morgan fingerprint density at radius 1 is 1.00 bits per heavy atom. The molecule has 2 amide bonds. The molecule has 0 aliphatic rings. The summed E-state index contributed by atoms with van der Waals surface area (Å²) in [6.07, 6.45) is 0.766. The first-order valence-corrected chi connectivity index (χ1v) is 9.74. The smallest absolute Gasteiger partial charge is 0.244 e. The topological polar surface area (TPSA) is 62.6 Å². The lowest BCUT2D eigenvalue weighted by Gasteiger charge is -2.17. The van der Waals surface area contributed by atoms with E-state index >= 15 is 0 Å². The van der Waals surface area contributed by atoms with E-state index in [1.165, 1.54) is 4.90 Å². The average Bonchev–Trinajstić information content (AvgIpc) is 3.17. The lowest BCUT2D eigenvalue weighted by atomic mass is 10.2. The van der Waals surface area contributed by atoms with Crippen molar-refractivity contribution in [2.75, 3.05) is 18.9 Å². The van der Waals surface area contributed by atoms with E-state index in [1.807, 2.05) is 60.7 Å². The summed E-state index contributed by atoms with van der Waals surface area (Å²) in [7, 11) is 1.62. The fourth-order valence-electron chi connectivity index (χ4n) is 2.75. The second kappa shape index (κ2) is 9.37. The highest BCUT2D eigenvalue weighted by molar-refractivity contribution is 9.10. The third kappa shape index (κ3) is 5.33. The molecule has 3 aromatic rings. The van der Waals surface area contributed by atoms with Crippen molar-refractivity contribution < 1.29 is 14.0 Å². The van der Waals surface area contributed by atoms with Crippen LogP contribution in [0.4, 0.5) is 5.69 Å². The van der Waals surface area contributed by atoms with Crippen LogP contribution in [0.15, 0.2) is 75.6 Å². The Kier molecular flexibility index (Phi) is 6.66. The van der Waals surface area contributed by atoms with E-state index in [1.54, 1.807) is 13.1 Å². The number of amides is 2. The van der Waals surface area contributed by atoms with E-state index in [2.05, 4.69) is 21.2 Å². The maximum atomic E-state index is 12.3. The number of carbonyl (C=O) groups is 2. The SMILES string of the molecule is CN(CC(=O)Nc1ccccc1Br)C(=O)CCc1ccc(-c2ccccc2)o1. The van der Waals surface area contributed by atoms with Crippen LogP contribution in [0.5, 0.6) is 0 Å². The first-order chi connectivity index (χ1) is 13.5. The molecule has 1 aromatic heterocycles. The number of furan rings is 1. The molecule has 1 heterocycles. The number of hydrogen-bond acceptors (Lipinski definition) is 3. The summed E-state index contributed by atoms with van der Waals surface area (Å²) in [4.78, 5) is 25.9. The van der Waals surface area contributed by atoms with Gasteiger partial charge in [-0.2, -0.15) is 0 Å². The van der Waals surface area contributed by atoms with Crippen molar-refractivity contribution in [3.05, 3.63) is 77.0 Å². The maximum Gasteiger partial charge on any atom is 0.244 e. The molecule has 0 aliphatic heterocycles. The number of aryl methyl sites for hydroxylation is 1. The Morgan fingerprint density at radius 3 is 2.46 bits per heavy atom. The summed E-state index contributed by atoms with van der Waals surface area (Å²) in [6, 6.07) is 21.0. The first-order valence-electron chi connectivity index (χ1n) is 8.95. The predicted molar refractivity (Wildman–Crippen MR) is 113 cm³/mol. The summed E-state index contributed by atoms with van der Waals surface area (Å²) < 4.78 is 6.61. The van der Waals surface area contributed by atoms with E-state index < -0.39 is 0 Å². The second-order valence-corrected chi connectivity index (χ2v) is 7.26. The fourth-order valence-corrected chi connectivity index (χ4v) is 3.13. The number of nitrogens with one attached hydrogen (secondary N) is 1. The molecule has 0 unspecified atom stereocenters. The lowest BCUT2D eigenvalue weighted by Crippen LogP contribution is -2.35. The van der Waals surface area contributed by atoms with Crippen LogP contribution >= 0.6 is 15.9 Å². The minimum Gasteiger partial charge on any atom is -0.461 e. The van der Waals surface area contributed by atoms with E-state index in [0.29, 0.717) is 12.1 Å². The van der Waals surface area contributed by atoms with Crippen LogP contribution in [0.3, 0.4) is 0 Å². The van der Waals surface area contributed by atoms with E-state index in [0.717, 1.165) is 21.6 Å². The number of rotatable bonds is 7. The minimum atomic E-state index is -0.243. The highest BCUT2D eigenvalue weighted by Gasteiger charge is 2.15. The van der Waals surface area contributed by atoms with Crippen molar-refractivity contribution in [2.24, 2.45) is 0 Å². The molecule has 0 atom stereocenters. The number of para-hydroxylation sites is 1. The van der Waals surface area contributed by atoms with Crippen molar-refractivity contribution in [2.45, 2.75) is 12.8 Å². The standard InChI is InChI=1S/C22H21BrN2O3/c1-25(15-21(26)24-19-10-6-5-9-18(19)23)22(27)14-12-17-11-13-20(28-17)16-7-3-2-4-8-16/h2-11,13H,12,14-15H2,1H3,(H,24,26). The molecule has 144 valence electrons. The Hall–Kier alpha value is -2.86. The quantitative estimate of drug-likeness (QED) is 0.576. The van der Waals surface area contributed by atoms with E-state index in [-0.39, 0.29) is 24.8 Å². The lowest BCUT2D eigenvalue weighted by molar-refractivity contribution is -0.133. The average molecular weight is 441 g/mol. The molecule has 1 N–H and O–H groups in total. The number of nitrogens with zero attached hydrogens (tertiary/aromatic N) is 1. The van der Waals surface area contributed by atoms with Gasteiger partial charge in [-0.05, 0) is 40.2 Å². The van der Waals surface area contributed by atoms with Crippen molar-refractivity contribution in [1.82, 2.24) is 4.90 Å². The van der Waals surface area contributed by atoms with Gasteiger partial charge in [0.1, 0.15) is 11.5 Å². The summed E-state index contributed by atoms with van der Waals surface area (Å²) in [5, 5.41) is 2.79. The molecule has 0 saturated carbocycles. The van der Waals surface area contributed by atoms with Crippen molar-refractivity contribution in [3.8, 4) is 11.3 Å². The summed E-state index contributed by atoms with van der Waals surface area (Å²) in [5.74, 6) is 1.18. The zero-order valence-corrected chi connectivity index (χ0v) is 17.1. The van der Waals surface area contributed by atoms with Crippen molar-refractivity contribution >= 4 is 33.4 Å². The molecule has 0 radical (unpaired) electrons. The van der Waals surface area contributed by atoms with Crippen LogP contribution < -0.4 is 5.32 Å². The fraction of sp³-hybridized carbons (Fsp3) is 0.182. The zero-order chi connectivity index (χ0) is 19.9. The van der Waals surface area contributed by atoms with E-state index in [4.69, 9.17) is 4.42 Å². The summed E-state index contributed by atoms with van der Waals surface area (Å²) >= 11 is 3.38. The number of halogens is 1. The molecule has 0 saturated heterocycles. The largest absolute Gasteiger partial charge is 0.461 e. The zero-order valence-electron chi connectivity index (χ0n) is 15.5. The monoisotopic (exact) mass is 440 g/mol. The molecule has 3 rings (SSSR count). The number of anilines is 1. The molecular formula is C22H21BrN2O3. The van der Waals surface area contributed by atoms with Crippen LogP contribution in [0.2, 0.25) is 0 Å². The molecule has 0 bridgehead atoms. The van der Waals surface area contributed by atoms with Gasteiger partial charge in [0.05, 0.1) is 12.2 Å². The molecule has 0 spiro atoms. The van der Waals surface area contributed by atoms with Gasteiger partial charge >= 0.3 is 0 Å². The molecule has 2 aromatic carbocycles. The van der Waals surface area contributed by atoms with Gasteiger partial charge in [0.25, 0.3) is 0 Å². The van der Waals surface area contributed by atoms with Gasteiger partial charge < -0.3 is 14.6 Å². The van der Waals surface area contributed by atoms with Crippen molar-refractivity contribution in [1.29, 1.82) is 0 Å². The number of likely N-dealkylation sites (N-methyl/N-ethyl adjacent to an activating group) is 1. The third-order valence-corrected chi connectivity index (χ3v) is 4.95. The molecule has 28 heavy (non-hydrogen) atoms. The van der Waals surface area contributed by atoms with Crippen LogP contribution in [0.1, 0.15) is 12.2 Å². The second-order valence-electron chi connectivity index (χ2n) is 6.41. The molecule has 0 fully saturated rings. The Labute approximate surface area is 172 Å². The first kappa shape index (κ1) is 19.9. The maximum absolute atomic E-state index is 12.3. The Bertz CT molecular complexity index is 953. The van der Waals surface area contributed by atoms with Crippen LogP contribution in [-0.4, -0.2) is 30.3 Å². The van der Waals surface area contributed by atoms with Crippen molar-refractivity contribution in [3.63, 3.8) is 0 Å². The van der Waals surface area contributed by atoms with Crippen LogP contribution in [-0.2, 0) is 16.0 Å². The molecule has 6 heteroatoms. The predicted octanol–water partition coefficient (Wildman–Crippen LogP) is 4.74. The van der Waals surface area contributed by atoms with Gasteiger partial charge in [-0.1, -0.05) is 42.5 Å². The highest BCUT2D eigenvalue weighted by Crippen LogP contribution is 2.23. The van der Waals surface area contributed by atoms with Gasteiger partial charge in [0.15, 0.2) is 0 Å². The van der Waals surface area contributed by atoms with Crippen LogP contribution in [0, 0.1) is 0 Å². The number of hydrogen-bond donors (Lipinski definition) is 1. The highest BCUT2D eigenvalue weighted by atomic mass is 79.9. The summed E-state index contributed by atoms with van der Waals surface area (Å²) in [6.45, 7) is -0.00636. The Morgan fingerprint density at radius 2 is 1.71 bits per heavy atom. The number of benzene rings is 2. The van der Waals surface area contributed by atoms with Crippen LogP contribution in [0.25, 0.3) is 11.3 Å². The molecular weight excluding hydrogens is 420 g/mol. The minimum absolute atomic E-state index is 0.00636. The Balaban J connectivity index is 1.49. The van der Waals surface area contributed by atoms with Gasteiger partial charge in [0.2, 0.25) is 11.8 Å². The van der Waals surface area contributed by atoms with Gasteiger partial charge in [-0.3, -0.25) is 9.59 Å². The van der Waals surface area contributed by atoms with Gasteiger partial charge in [-0.15, -0.1) is 0 Å². The van der Waals surface area contributed by atoms with Gasteiger partial charge in [0, 0.05) is 29.9 Å². The van der Waals surface area contributed by atoms with Gasteiger partial charge in [-0.25, -0.2) is 0 Å². The van der Waals surface area contributed by atoms with E-state index in [9.17, 15) is 9.59 Å². The normalized spacial score (nSPS) is 10.5.